The van der Waals surface area contributed by atoms with Gasteiger partial charge in [0.25, 0.3) is 5.91 Å². The van der Waals surface area contributed by atoms with Gasteiger partial charge in [-0.25, -0.2) is 9.67 Å². The van der Waals surface area contributed by atoms with E-state index in [9.17, 15) is 4.79 Å². The lowest BCUT2D eigenvalue weighted by atomic mass is 10.1. The van der Waals surface area contributed by atoms with Gasteiger partial charge in [0.15, 0.2) is 0 Å². The van der Waals surface area contributed by atoms with Crippen LogP contribution in [-0.2, 0) is 0 Å². The summed E-state index contributed by atoms with van der Waals surface area (Å²) in [5.74, 6) is 0.472. The minimum atomic E-state index is -0.108. The first-order chi connectivity index (χ1) is 9.74. The summed E-state index contributed by atoms with van der Waals surface area (Å²) >= 11 is 0. The van der Waals surface area contributed by atoms with Gasteiger partial charge in [-0.05, 0) is 37.0 Å². The summed E-state index contributed by atoms with van der Waals surface area (Å²) in [5, 5.41) is 6.93. The standard InChI is InChI=1S/C14H17N5O.2ClH/c15-13(10-4-5-10)7-17-14(20)11-2-1-3-12(6-11)19-9-16-8-18-19;;/h1-3,6,8-10,13H,4-5,7,15H2,(H,17,20);2*1H. The van der Waals surface area contributed by atoms with Crippen molar-refractivity contribution in [3.63, 3.8) is 0 Å². The highest BCUT2D eigenvalue weighted by atomic mass is 35.5. The molecular formula is C14H19Cl2N5O. The monoisotopic (exact) mass is 343 g/mol. The van der Waals surface area contributed by atoms with Gasteiger partial charge in [-0.2, -0.15) is 5.10 Å². The van der Waals surface area contributed by atoms with Gasteiger partial charge in [-0.15, -0.1) is 24.8 Å². The van der Waals surface area contributed by atoms with E-state index < -0.39 is 0 Å². The minimum Gasteiger partial charge on any atom is -0.350 e. The minimum absolute atomic E-state index is 0. The van der Waals surface area contributed by atoms with E-state index in [1.807, 2.05) is 12.1 Å². The predicted octanol–water partition coefficient (Wildman–Crippen LogP) is 1.58. The first-order valence-electron chi connectivity index (χ1n) is 6.73. The summed E-state index contributed by atoms with van der Waals surface area (Å²) in [6, 6.07) is 7.33. The molecule has 1 aliphatic rings. The molecule has 3 N–H and O–H groups in total. The third-order valence-electron chi connectivity index (χ3n) is 3.52. The Morgan fingerprint density at radius 3 is 2.82 bits per heavy atom. The highest BCUT2D eigenvalue weighted by molar-refractivity contribution is 5.94. The quantitative estimate of drug-likeness (QED) is 0.862. The molecule has 22 heavy (non-hydrogen) atoms. The number of benzene rings is 1. The number of rotatable bonds is 5. The lowest BCUT2D eigenvalue weighted by Crippen LogP contribution is -2.38. The number of nitrogens with one attached hydrogen (secondary N) is 1. The highest BCUT2D eigenvalue weighted by Gasteiger charge is 2.28. The molecule has 1 heterocycles. The first kappa shape index (κ1) is 18.4. The lowest BCUT2D eigenvalue weighted by molar-refractivity contribution is 0.0950. The van der Waals surface area contributed by atoms with Crippen LogP contribution in [0.3, 0.4) is 0 Å². The number of amides is 1. The number of carbonyl (C=O) groups excluding carboxylic acids is 1. The fourth-order valence-corrected chi connectivity index (χ4v) is 2.13. The molecule has 1 atom stereocenters. The summed E-state index contributed by atoms with van der Waals surface area (Å²) < 4.78 is 1.62. The van der Waals surface area contributed by atoms with Crippen molar-refractivity contribution in [3.05, 3.63) is 42.5 Å². The van der Waals surface area contributed by atoms with Crippen molar-refractivity contribution in [3.8, 4) is 5.69 Å². The molecule has 0 bridgehead atoms. The Morgan fingerprint density at radius 1 is 1.41 bits per heavy atom. The molecule has 1 aromatic heterocycles. The second kappa shape index (κ2) is 8.12. The highest BCUT2D eigenvalue weighted by Crippen LogP contribution is 2.31. The first-order valence-corrected chi connectivity index (χ1v) is 6.73. The smallest absolute Gasteiger partial charge is 0.251 e. The van der Waals surface area contributed by atoms with Crippen LogP contribution in [0.25, 0.3) is 5.69 Å². The van der Waals surface area contributed by atoms with Crippen molar-refractivity contribution < 1.29 is 4.79 Å². The topological polar surface area (TPSA) is 85.8 Å². The Kier molecular flexibility index (Phi) is 6.80. The van der Waals surface area contributed by atoms with Crippen LogP contribution in [0.2, 0.25) is 0 Å². The van der Waals surface area contributed by atoms with Crippen LogP contribution in [0.1, 0.15) is 23.2 Å². The zero-order chi connectivity index (χ0) is 13.9. The lowest BCUT2D eigenvalue weighted by Gasteiger charge is -2.12. The molecule has 1 fully saturated rings. The fourth-order valence-electron chi connectivity index (χ4n) is 2.13. The summed E-state index contributed by atoms with van der Waals surface area (Å²) in [6.07, 6.45) is 5.42. The molecule has 2 aromatic rings. The van der Waals surface area contributed by atoms with Crippen molar-refractivity contribution in [1.29, 1.82) is 0 Å². The summed E-state index contributed by atoms with van der Waals surface area (Å²) in [5.41, 5.74) is 7.38. The van der Waals surface area contributed by atoms with Crippen LogP contribution in [0.4, 0.5) is 0 Å². The van der Waals surface area contributed by atoms with Crippen LogP contribution >= 0.6 is 24.8 Å². The Bertz CT molecular complexity index is 601. The van der Waals surface area contributed by atoms with Crippen molar-refractivity contribution in [2.45, 2.75) is 18.9 Å². The number of hydrogen-bond acceptors (Lipinski definition) is 4. The molecule has 0 spiro atoms. The maximum Gasteiger partial charge on any atom is 0.251 e. The average Bonchev–Trinajstić information content (AvgIpc) is 3.19. The largest absolute Gasteiger partial charge is 0.350 e. The van der Waals surface area contributed by atoms with Crippen LogP contribution in [0.15, 0.2) is 36.9 Å². The molecule has 1 aliphatic carbocycles. The van der Waals surface area contributed by atoms with Crippen molar-refractivity contribution in [2.24, 2.45) is 11.7 Å². The normalized spacial score (nSPS) is 14.4. The van der Waals surface area contributed by atoms with E-state index in [1.54, 1.807) is 23.1 Å². The Labute approximate surface area is 141 Å². The Hall–Kier alpha value is -1.63. The summed E-state index contributed by atoms with van der Waals surface area (Å²) in [4.78, 5) is 16.0. The number of nitrogens with zero attached hydrogens (tertiary/aromatic N) is 3. The molecule has 0 radical (unpaired) electrons. The van der Waals surface area contributed by atoms with E-state index in [1.165, 1.54) is 19.2 Å². The summed E-state index contributed by atoms with van der Waals surface area (Å²) in [7, 11) is 0. The SMILES string of the molecule is Cl.Cl.NC(CNC(=O)c1cccc(-n2cncn2)c1)C1CC1. The molecule has 1 aromatic carbocycles. The van der Waals surface area contributed by atoms with Gasteiger partial charge in [-0.1, -0.05) is 6.07 Å². The van der Waals surface area contributed by atoms with Gasteiger partial charge in [-0.3, -0.25) is 4.79 Å². The van der Waals surface area contributed by atoms with E-state index in [-0.39, 0.29) is 36.8 Å². The van der Waals surface area contributed by atoms with Gasteiger partial charge >= 0.3 is 0 Å². The van der Waals surface area contributed by atoms with Crippen molar-refractivity contribution >= 4 is 30.7 Å². The molecule has 8 heteroatoms. The zero-order valence-electron chi connectivity index (χ0n) is 11.9. The van der Waals surface area contributed by atoms with Gasteiger partial charge in [0, 0.05) is 18.2 Å². The van der Waals surface area contributed by atoms with Crippen molar-refractivity contribution in [1.82, 2.24) is 20.1 Å². The fraction of sp³-hybridized carbons (Fsp3) is 0.357. The third kappa shape index (κ3) is 4.43. The molecule has 120 valence electrons. The van der Waals surface area contributed by atoms with Crippen molar-refractivity contribution in [2.75, 3.05) is 6.54 Å². The molecule has 1 amide bonds. The number of aromatic nitrogens is 3. The second-order valence-electron chi connectivity index (χ2n) is 5.10. The van der Waals surface area contributed by atoms with Crippen LogP contribution < -0.4 is 11.1 Å². The van der Waals surface area contributed by atoms with Crippen LogP contribution in [0, 0.1) is 5.92 Å². The maximum absolute atomic E-state index is 12.1. The molecule has 0 aliphatic heterocycles. The van der Waals surface area contributed by atoms with E-state index in [0.717, 1.165) is 5.69 Å². The predicted molar refractivity (Wildman–Crippen MR) is 88.9 cm³/mol. The molecule has 6 nitrogen and oxygen atoms in total. The van der Waals surface area contributed by atoms with Crippen LogP contribution in [0.5, 0.6) is 0 Å². The number of halogens is 2. The zero-order valence-corrected chi connectivity index (χ0v) is 13.5. The second-order valence-corrected chi connectivity index (χ2v) is 5.10. The number of hydrogen-bond donors (Lipinski definition) is 2. The van der Waals surface area contributed by atoms with Gasteiger partial charge in [0.2, 0.25) is 0 Å². The Morgan fingerprint density at radius 2 is 2.18 bits per heavy atom. The van der Waals surface area contributed by atoms with E-state index in [4.69, 9.17) is 5.73 Å². The average molecular weight is 344 g/mol. The molecule has 1 saturated carbocycles. The molecule has 0 saturated heterocycles. The molecular weight excluding hydrogens is 325 g/mol. The number of carbonyl (C=O) groups is 1. The summed E-state index contributed by atoms with van der Waals surface area (Å²) in [6.45, 7) is 0.525. The third-order valence-corrected chi connectivity index (χ3v) is 3.52. The maximum atomic E-state index is 12.1. The van der Waals surface area contributed by atoms with Crippen LogP contribution in [-0.4, -0.2) is 33.3 Å². The Balaban J connectivity index is 0.00000121. The van der Waals surface area contributed by atoms with E-state index in [2.05, 4.69) is 15.4 Å². The molecule has 1 unspecified atom stereocenters. The van der Waals surface area contributed by atoms with Gasteiger partial charge < -0.3 is 11.1 Å². The van der Waals surface area contributed by atoms with Gasteiger partial charge in [0.05, 0.1) is 5.69 Å². The van der Waals surface area contributed by atoms with E-state index in [0.29, 0.717) is 18.0 Å². The number of nitrogens with two attached hydrogens (primary N) is 1. The van der Waals surface area contributed by atoms with E-state index >= 15 is 0 Å². The molecule has 3 rings (SSSR count). The van der Waals surface area contributed by atoms with Gasteiger partial charge in [0.1, 0.15) is 12.7 Å².